The zero-order chi connectivity index (χ0) is 17.6. The molecular formula is C19H20N2O2S2. The number of ether oxygens (including phenoxy) is 1. The van der Waals surface area contributed by atoms with Crippen LogP contribution in [0.25, 0.3) is 10.6 Å². The maximum atomic E-state index is 12.3. The first-order valence-electron chi connectivity index (χ1n) is 8.15. The first-order chi connectivity index (χ1) is 12.2. The standard InChI is InChI=1S/C19H20N2O2S2/c1-3-23-17-6-4-5-14(9-17)13(2)20-18(22)10-16-12-25-19(21-16)15-7-8-24-11-15/h4-9,11-13H,3,10H2,1-2H3,(H,20,22). The number of rotatable bonds is 7. The van der Waals surface area contributed by atoms with Crippen LogP contribution in [0.15, 0.2) is 46.5 Å². The van der Waals surface area contributed by atoms with E-state index in [0.717, 1.165) is 27.6 Å². The third kappa shape index (κ3) is 4.67. The van der Waals surface area contributed by atoms with Gasteiger partial charge in [-0.3, -0.25) is 4.79 Å². The van der Waals surface area contributed by atoms with Gasteiger partial charge in [0.05, 0.1) is 24.8 Å². The predicted molar refractivity (Wildman–Crippen MR) is 103 cm³/mol. The fourth-order valence-electron chi connectivity index (χ4n) is 2.49. The SMILES string of the molecule is CCOc1cccc(C(C)NC(=O)Cc2csc(-c3ccsc3)n2)c1. The third-order valence-corrected chi connectivity index (χ3v) is 5.33. The summed E-state index contributed by atoms with van der Waals surface area (Å²) in [6, 6.07) is 9.78. The lowest BCUT2D eigenvalue weighted by atomic mass is 10.1. The number of amides is 1. The average molecular weight is 373 g/mol. The summed E-state index contributed by atoms with van der Waals surface area (Å²) >= 11 is 3.22. The monoisotopic (exact) mass is 372 g/mol. The summed E-state index contributed by atoms with van der Waals surface area (Å²) in [5, 5.41) is 10.0. The van der Waals surface area contributed by atoms with Gasteiger partial charge in [-0.1, -0.05) is 12.1 Å². The predicted octanol–water partition coefficient (Wildman–Crippen LogP) is 4.69. The molecule has 0 bridgehead atoms. The van der Waals surface area contributed by atoms with Crippen LogP contribution in [0.2, 0.25) is 0 Å². The highest BCUT2D eigenvalue weighted by Crippen LogP contribution is 2.26. The van der Waals surface area contributed by atoms with Crippen molar-refractivity contribution < 1.29 is 9.53 Å². The molecule has 1 aromatic carbocycles. The Bertz CT molecular complexity index is 828. The molecule has 1 unspecified atom stereocenters. The summed E-state index contributed by atoms with van der Waals surface area (Å²) in [4.78, 5) is 16.9. The van der Waals surface area contributed by atoms with Crippen molar-refractivity contribution in [2.24, 2.45) is 0 Å². The molecule has 6 heteroatoms. The highest BCUT2D eigenvalue weighted by molar-refractivity contribution is 7.14. The number of hydrogen-bond acceptors (Lipinski definition) is 5. The number of carbonyl (C=O) groups excluding carboxylic acids is 1. The molecule has 0 fully saturated rings. The Morgan fingerprint density at radius 1 is 1.32 bits per heavy atom. The van der Waals surface area contributed by atoms with Crippen LogP contribution < -0.4 is 10.1 Å². The molecule has 0 radical (unpaired) electrons. The van der Waals surface area contributed by atoms with E-state index in [1.807, 2.05) is 54.9 Å². The molecule has 0 saturated heterocycles. The van der Waals surface area contributed by atoms with E-state index >= 15 is 0 Å². The van der Waals surface area contributed by atoms with Gasteiger partial charge < -0.3 is 10.1 Å². The zero-order valence-corrected chi connectivity index (χ0v) is 15.8. The first kappa shape index (κ1) is 17.6. The third-order valence-electron chi connectivity index (χ3n) is 3.71. The van der Waals surface area contributed by atoms with Crippen LogP contribution in [0.4, 0.5) is 0 Å². The van der Waals surface area contributed by atoms with Gasteiger partial charge in [0.2, 0.25) is 5.91 Å². The van der Waals surface area contributed by atoms with Gasteiger partial charge >= 0.3 is 0 Å². The number of thiazole rings is 1. The van der Waals surface area contributed by atoms with Crippen LogP contribution in [-0.2, 0) is 11.2 Å². The molecule has 0 saturated carbocycles. The summed E-state index contributed by atoms with van der Waals surface area (Å²) < 4.78 is 5.51. The fourth-order valence-corrected chi connectivity index (χ4v) is 4.02. The molecular weight excluding hydrogens is 352 g/mol. The molecule has 4 nitrogen and oxygen atoms in total. The smallest absolute Gasteiger partial charge is 0.226 e. The number of benzene rings is 1. The van der Waals surface area contributed by atoms with Gasteiger partial charge in [0.1, 0.15) is 10.8 Å². The van der Waals surface area contributed by atoms with E-state index in [2.05, 4.69) is 15.7 Å². The molecule has 0 aliphatic heterocycles. The lowest BCUT2D eigenvalue weighted by Gasteiger charge is -2.15. The minimum absolute atomic E-state index is 0.0310. The summed E-state index contributed by atoms with van der Waals surface area (Å²) in [6.45, 7) is 4.55. The number of hydrogen-bond donors (Lipinski definition) is 1. The maximum Gasteiger partial charge on any atom is 0.226 e. The van der Waals surface area contributed by atoms with Crippen molar-refractivity contribution in [2.45, 2.75) is 26.3 Å². The Labute approximate surface area is 155 Å². The normalized spacial score (nSPS) is 11.9. The van der Waals surface area contributed by atoms with Gasteiger partial charge in [-0.25, -0.2) is 4.98 Å². The lowest BCUT2D eigenvalue weighted by Crippen LogP contribution is -2.28. The molecule has 130 valence electrons. The van der Waals surface area contributed by atoms with Crippen LogP contribution in [0, 0.1) is 0 Å². The average Bonchev–Trinajstić information content (AvgIpc) is 3.26. The Morgan fingerprint density at radius 3 is 2.96 bits per heavy atom. The molecule has 0 aliphatic rings. The quantitative estimate of drug-likeness (QED) is 0.654. The van der Waals surface area contributed by atoms with E-state index in [4.69, 9.17) is 4.74 Å². The molecule has 2 aromatic heterocycles. The molecule has 3 rings (SSSR count). The van der Waals surface area contributed by atoms with E-state index in [-0.39, 0.29) is 18.4 Å². The largest absolute Gasteiger partial charge is 0.494 e. The van der Waals surface area contributed by atoms with Crippen LogP contribution in [-0.4, -0.2) is 17.5 Å². The van der Waals surface area contributed by atoms with Gasteiger partial charge in [-0.05, 0) is 43.0 Å². The number of carbonyl (C=O) groups is 1. The summed E-state index contributed by atoms with van der Waals surface area (Å²) in [5.41, 5.74) is 2.94. The minimum Gasteiger partial charge on any atom is -0.494 e. The first-order valence-corrected chi connectivity index (χ1v) is 9.97. The number of aromatic nitrogens is 1. The summed E-state index contributed by atoms with van der Waals surface area (Å²) in [5.74, 6) is 0.789. The van der Waals surface area contributed by atoms with E-state index in [0.29, 0.717) is 6.61 Å². The molecule has 1 amide bonds. The second-order valence-corrected chi connectivity index (χ2v) is 7.27. The van der Waals surface area contributed by atoms with Crippen molar-refractivity contribution in [3.8, 4) is 16.3 Å². The highest BCUT2D eigenvalue weighted by Gasteiger charge is 2.13. The summed E-state index contributed by atoms with van der Waals surface area (Å²) in [7, 11) is 0. The number of nitrogens with one attached hydrogen (secondary N) is 1. The second-order valence-electron chi connectivity index (χ2n) is 5.63. The highest BCUT2D eigenvalue weighted by atomic mass is 32.1. The van der Waals surface area contributed by atoms with Gasteiger partial charge in [-0.15, -0.1) is 11.3 Å². The van der Waals surface area contributed by atoms with Crippen LogP contribution in [0.1, 0.15) is 31.1 Å². The van der Waals surface area contributed by atoms with Gasteiger partial charge in [0.15, 0.2) is 0 Å². The Kier molecular flexibility index (Phi) is 5.83. The lowest BCUT2D eigenvalue weighted by molar-refractivity contribution is -0.121. The maximum absolute atomic E-state index is 12.3. The van der Waals surface area contributed by atoms with E-state index < -0.39 is 0 Å². The van der Waals surface area contributed by atoms with Crippen LogP contribution >= 0.6 is 22.7 Å². The van der Waals surface area contributed by atoms with Gasteiger partial charge in [0, 0.05) is 16.3 Å². The number of nitrogens with zero attached hydrogens (tertiary/aromatic N) is 1. The summed E-state index contributed by atoms with van der Waals surface area (Å²) in [6.07, 6.45) is 0.288. The van der Waals surface area contributed by atoms with Crippen molar-refractivity contribution in [1.29, 1.82) is 0 Å². The van der Waals surface area contributed by atoms with E-state index in [1.165, 1.54) is 0 Å². The van der Waals surface area contributed by atoms with Gasteiger partial charge in [-0.2, -0.15) is 11.3 Å². The molecule has 25 heavy (non-hydrogen) atoms. The Hall–Kier alpha value is -2.18. The van der Waals surface area contributed by atoms with E-state index in [9.17, 15) is 4.79 Å². The number of thiophene rings is 1. The second kappa shape index (κ2) is 8.27. The minimum atomic E-state index is -0.0807. The Balaban J connectivity index is 1.59. The topological polar surface area (TPSA) is 51.2 Å². The fraction of sp³-hybridized carbons (Fsp3) is 0.263. The molecule has 0 spiro atoms. The van der Waals surface area contributed by atoms with Crippen molar-refractivity contribution in [1.82, 2.24) is 10.3 Å². The molecule has 1 atom stereocenters. The Morgan fingerprint density at radius 2 is 2.20 bits per heavy atom. The van der Waals surface area contributed by atoms with Crippen molar-refractivity contribution in [3.05, 3.63) is 57.7 Å². The van der Waals surface area contributed by atoms with Gasteiger partial charge in [0.25, 0.3) is 0 Å². The van der Waals surface area contributed by atoms with Crippen LogP contribution in [0.3, 0.4) is 0 Å². The molecule has 3 aromatic rings. The van der Waals surface area contributed by atoms with Crippen LogP contribution in [0.5, 0.6) is 5.75 Å². The molecule has 2 heterocycles. The zero-order valence-electron chi connectivity index (χ0n) is 14.2. The molecule has 1 N–H and O–H groups in total. The van der Waals surface area contributed by atoms with Crippen molar-refractivity contribution in [3.63, 3.8) is 0 Å². The van der Waals surface area contributed by atoms with Crippen molar-refractivity contribution in [2.75, 3.05) is 6.61 Å². The molecule has 0 aliphatic carbocycles. The van der Waals surface area contributed by atoms with Crippen molar-refractivity contribution >= 4 is 28.6 Å². The van der Waals surface area contributed by atoms with E-state index in [1.54, 1.807) is 22.7 Å².